The van der Waals surface area contributed by atoms with Crippen LogP contribution in [-0.4, -0.2) is 112 Å². The molecule has 1 aromatic carbocycles. The Bertz CT molecular complexity index is 2250. The van der Waals surface area contributed by atoms with Crippen molar-refractivity contribution in [1.82, 2.24) is 24.8 Å². The van der Waals surface area contributed by atoms with Gasteiger partial charge in [0.05, 0.1) is 25.0 Å². The highest BCUT2D eigenvalue weighted by atomic mass is 32.2. The maximum Gasteiger partial charge on any atom is 0.408 e. The van der Waals surface area contributed by atoms with Crippen molar-refractivity contribution in [3.63, 3.8) is 0 Å². The fourth-order valence-corrected chi connectivity index (χ4v) is 10.6. The van der Waals surface area contributed by atoms with Gasteiger partial charge in [-0.1, -0.05) is 32.4 Å². The topological polar surface area (TPSA) is 194 Å². The Balaban J connectivity index is 1.36. The molecular weight excluding hydrogens is 817 g/mol. The van der Waals surface area contributed by atoms with E-state index in [1.54, 1.807) is 45.0 Å². The molecule has 1 saturated heterocycles. The van der Waals surface area contributed by atoms with Crippen molar-refractivity contribution < 1.29 is 55.7 Å². The molecule has 3 aliphatic heterocycles. The van der Waals surface area contributed by atoms with Crippen molar-refractivity contribution in [3.05, 3.63) is 35.9 Å². The van der Waals surface area contributed by atoms with Crippen LogP contribution in [0.2, 0.25) is 0 Å². The number of benzene rings is 1. The number of hydrogen-bond acceptors (Lipinski definition) is 10. The summed E-state index contributed by atoms with van der Waals surface area (Å²) in [6, 6.07) is 0.0814. The molecular formula is C43H57F2N5O10S. The van der Waals surface area contributed by atoms with E-state index in [0.717, 1.165) is 17.4 Å². The first kappa shape index (κ1) is 44.3. The number of nitrogens with zero attached hydrogens (tertiary/aromatic N) is 3. The monoisotopic (exact) mass is 873 g/mol. The van der Waals surface area contributed by atoms with E-state index >= 15 is 13.6 Å². The van der Waals surface area contributed by atoms with Gasteiger partial charge in [0.1, 0.15) is 17.3 Å². The van der Waals surface area contributed by atoms with Gasteiger partial charge in [0.25, 0.3) is 5.91 Å². The second-order valence-corrected chi connectivity index (χ2v) is 20.5. The number of amides is 4. The second-order valence-electron chi connectivity index (χ2n) is 18.3. The zero-order chi connectivity index (χ0) is 44.4. The summed E-state index contributed by atoms with van der Waals surface area (Å²) in [5, 5.41) is 14.0. The highest BCUT2D eigenvalue weighted by Crippen LogP contribution is 2.51. The lowest BCUT2D eigenvalue weighted by Crippen LogP contribution is -2.63. The summed E-state index contributed by atoms with van der Waals surface area (Å²) in [5.74, 6) is -8.76. The number of fused-ring (bicyclic) bond motifs is 5. The molecule has 5 aliphatic rings. The normalized spacial score (nSPS) is 31.2. The Hall–Kier alpha value is -4.74. The number of carboxylic acid groups (broad SMARTS) is 1. The van der Waals surface area contributed by atoms with Crippen LogP contribution in [0.3, 0.4) is 0 Å². The number of hydrogen-bond donors (Lipinski definition) is 3. The van der Waals surface area contributed by atoms with Gasteiger partial charge in [-0.3, -0.25) is 24.0 Å². The lowest BCUT2D eigenvalue weighted by molar-refractivity contribution is -0.163. The number of allylic oxidation sites excluding steroid dienone is 1. The first-order chi connectivity index (χ1) is 28.6. The Labute approximate surface area is 355 Å². The highest BCUT2D eigenvalue weighted by molar-refractivity contribution is 7.91. The van der Waals surface area contributed by atoms with Crippen LogP contribution in [0, 0.1) is 17.8 Å². The van der Waals surface area contributed by atoms with Crippen LogP contribution in [-0.2, 0) is 30.8 Å². The van der Waals surface area contributed by atoms with Gasteiger partial charge >= 0.3 is 12.0 Å². The summed E-state index contributed by atoms with van der Waals surface area (Å²) in [4.78, 5) is 63.4. The van der Waals surface area contributed by atoms with Crippen molar-refractivity contribution in [1.29, 1.82) is 0 Å². The van der Waals surface area contributed by atoms with Gasteiger partial charge < -0.3 is 29.5 Å². The standard InChI is InChI=1S/C43H57F2N5O10S/c1-8-26-20-25(4)12-9-10-13-27-22-42(27,38(53)48-61(56,57)40(5)17-18-40)47-34(51)33-43(44,45)41(6,23-49(33)37(52)32(26)50(24(2)3)39(54)55)60-36-30-16-15-28(58-7)21-31(30)29-14-11-19-59-35(29)46-36/h10,13,15-16,21,24-27,32-33H,8-9,11-12,14,17-20,22-23H2,1-7H3,(H,47,51)(H,48,53)(H,54,55)/b13-10-/t25-,26-,27-,32+,33+,41-,42-/m1/s1. The molecule has 2 aromatic rings. The molecule has 3 fully saturated rings. The SMILES string of the molecule is CC[C@@H]1C[C@H](C)CC/C=C\[C@@H]2C[C@@]2(C(=O)NS(=O)(=O)C2(C)CC2)NC(=O)[C@@H]2N(C[C@@](C)(Oc3nc4c(c5cc(OC)ccc35)CCCO4)C2(F)F)C(=O)[C@H]1N(C(=O)O)C(C)C. The van der Waals surface area contributed by atoms with E-state index in [9.17, 15) is 27.9 Å². The van der Waals surface area contributed by atoms with Crippen molar-refractivity contribution >= 4 is 44.6 Å². The maximum atomic E-state index is 17.8. The van der Waals surface area contributed by atoms with E-state index in [4.69, 9.17) is 14.2 Å². The minimum Gasteiger partial charge on any atom is -0.497 e. The third kappa shape index (κ3) is 7.75. The molecule has 7 atom stereocenters. The number of ether oxygens (including phenoxy) is 3. The first-order valence-electron chi connectivity index (χ1n) is 21.2. The zero-order valence-corrected chi connectivity index (χ0v) is 36.6. The summed E-state index contributed by atoms with van der Waals surface area (Å²) in [7, 11) is -2.71. The van der Waals surface area contributed by atoms with Crippen molar-refractivity contribution in [2.45, 2.75) is 139 Å². The maximum absolute atomic E-state index is 17.8. The molecule has 18 heteroatoms. The van der Waals surface area contributed by atoms with Gasteiger partial charge in [-0.15, -0.1) is 0 Å². The number of aryl methyl sites for hydroxylation is 1. The van der Waals surface area contributed by atoms with Gasteiger partial charge in [-0.05, 0) is 114 Å². The van der Waals surface area contributed by atoms with E-state index in [0.29, 0.717) is 79.4 Å². The van der Waals surface area contributed by atoms with Crippen LogP contribution < -0.4 is 24.2 Å². The highest BCUT2D eigenvalue weighted by Gasteiger charge is 2.72. The summed E-state index contributed by atoms with van der Waals surface area (Å²) >= 11 is 0. The number of rotatable bonds is 9. The minimum absolute atomic E-state index is 0.0529. The summed E-state index contributed by atoms with van der Waals surface area (Å²) in [6.45, 7) is 8.93. The average Bonchev–Trinajstić information content (AvgIpc) is 4.11. The van der Waals surface area contributed by atoms with Crippen LogP contribution in [0.25, 0.3) is 10.8 Å². The fraction of sp³-hybridized carbons (Fsp3) is 0.651. The molecule has 0 bridgehead atoms. The minimum atomic E-state index is -4.23. The van der Waals surface area contributed by atoms with Gasteiger partial charge in [-0.2, -0.15) is 13.8 Å². The van der Waals surface area contributed by atoms with Gasteiger partial charge in [0.15, 0.2) is 11.6 Å². The zero-order valence-electron chi connectivity index (χ0n) is 35.8. The number of alkyl halides is 2. The van der Waals surface area contributed by atoms with Crippen LogP contribution in [0.5, 0.6) is 17.5 Å². The number of carbonyl (C=O) groups excluding carboxylic acids is 3. The van der Waals surface area contributed by atoms with Crippen molar-refractivity contribution in [2.75, 3.05) is 20.3 Å². The lowest BCUT2D eigenvalue weighted by Gasteiger charge is -2.40. The molecule has 2 aliphatic carbocycles. The molecule has 7 rings (SSSR count). The van der Waals surface area contributed by atoms with Gasteiger partial charge in [0.2, 0.25) is 33.6 Å². The molecule has 1 aromatic heterocycles. The van der Waals surface area contributed by atoms with Crippen LogP contribution in [0.1, 0.15) is 98.5 Å². The molecule has 3 N–H and O–H groups in total. The first-order valence-corrected chi connectivity index (χ1v) is 22.7. The third-order valence-corrected chi connectivity index (χ3v) is 15.7. The van der Waals surface area contributed by atoms with Crippen molar-refractivity contribution in [3.8, 4) is 17.5 Å². The molecule has 15 nitrogen and oxygen atoms in total. The number of pyridine rings is 1. The molecule has 61 heavy (non-hydrogen) atoms. The van der Waals surface area contributed by atoms with Crippen molar-refractivity contribution in [2.24, 2.45) is 17.8 Å². The average molecular weight is 874 g/mol. The second kappa shape index (κ2) is 15.9. The Morgan fingerprint density at radius 1 is 1.18 bits per heavy atom. The van der Waals surface area contributed by atoms with Crippen LogP contribution in [0.4, 0.5) is 13.6 Å². The van der Waals surface area contributed by atoms with Gasteiger partial charge in [0, 0.05) is 22.9 Å². The number of aromatic nitrogens is 1. The summed E-state index contributed by atoms with van der Waals surface area (Å²) in [6.07, 6.45) is 5.71. The number of nitrogens with one attached hydrogen (secondary N) is 2. The third-order valence-electron chi connectivity index (χ3n) is 13.5. The van der Waals surface area contributed by atoms with E-state index in [2.05, 4.69) is 15.0 Å². The molecule has 4 amide bonds. The number of carbonyl (C=O) groups is 4. The molecule has 0 radical (unpaired) electrons. The largest absolute Gasteiger partial charge is 0.497 e. The van der Waals surface area contributed by atoms with Crippen LogP contribution in [0.15, 0.2) is 30.4 Å². The Morgan fingerprint density at radius 2 is 1.90 bits per heavy atom. The quantitative estimate of drug-likeness (QED) is 0.266. The molecule has 0 unspecified atom stereocenters. The number of sulfonamides is 1. The molecule has 0 spiro atoms. The smallest absolute Gasteiger partial charge is 0.408 e. The fourth-order valence-electron chi connectivity index (χ4n) is 9.33. The molecule has 334 valence electrons. The molecule has 4 heterocycles. The van der Waals surface area contributed by atoms with E-state index in [1.165, 1.54) is 14.0 Å². The molecule has 2 saturated carbocycles. The van der Waals surface area contributed by atoms with E-state index in [1.807, 2.05) is 13.0 Å². The van der Waals surface area contributed by atoms with Gasteiger partial charge in [-0.25, -0.2) is 13.2 Å². The summed E-state index contributed by atoms with van der Waals surface area (Å²) < 4.78 is 80.8. The van der Waals surface area contributed by atoms with E-state index < -0.39 is 92.2 Å². The predicted octanol–water partition coefficient (Wildman–Crippen LogP) is 5.58. The number of methoxy groups -OCH3 is 1. The van der Waals surface area contributed by atoms with E-state index in [-0.39, 0.29) is 24.1 Å². The lowest BCUT2D eigenvalue weighted by atomic mass is 9.83. The number of halogens is 2. The van der Waals surface area contributed by atoms with Crippen LogP contribution >= 0.6 is 0 Å². The Kier molecular flexibility index (Phi) is 11.5. The Morgan fingerprint density at radius 3 is 2.54 bits per heavy atom. The predicted molar refractivity (Wildman–Crippen MR) is 220 cm³/mol. The summed E-state index contributed by atoms with van der Waals surface area (Å²) in [5.41, 5.74) is -3.88.